The lowest BCUT2D eigenvalue weighted by molar-refractivity contribution is 0.504. The Bertz CT molecular complexity index is 1330. The van der Waals surface area contributed by atoms with Gasteiger partial charge in [-0.3, -0.25) is 4.21 Å². The van der Waals surface area contributed by atoms with E-state index in [4.69, 9.17) is 0 Å². The minimum absolute atomic E-state index is 0.0369. The van der Waals surface area contributed by atoms with E-state index >= 15 is 0 Å². The summed E-state index contributed by atoms with van der Waals surface area (Å²) < 4.78 is 43.9. The van der Waals surface area contributed by atoms with Crippen molar-refractivity contribution in [1.82, 2.24) is 4.72 Å². The van der Waals surface area contributed by atoms with E-state index in [0.717, 1.165) is 22.3 Å². The fourth-order valence-corrected chi connectivity index (χ4v) is 6.78. The van der Waals surface area contributed by atoms with Crippen LogP contribution in [0.25, 0.3) is 0 Å². The van der Waals surface area contributed by atoms with E-state index in [1.54, 1.807) is 24.3 Å². The Kier molecular flexibility index (Phi) is 7.12. The molecule has 174 valence electrons. The molecular weight excluding hydrogens is 462 g/mol. The summed E-state index contributed by atoms with van der Waals surface area (Å²) in [4.78, 5) is 0.812. The molecule has 0 aliphatic rings. The first-order valence-electron chi connectivity index (χ1n) is 11.0. The second kappa shape index (κ2) is 10.1. The lowest BCUT2D eigenvalue weighted by Gasteiger charge is -2.35. The summed E-state index contributed by atoms with van der Waals surface area (Å²) in [5.74, 6) is 0.0369. The first-order chi connectivity index (χ1) is 16.3. The van der Waals surface area contributed by atoms with Gasteiger partial charge in [0.15, 0.2) is 0 Å². The number of hydrogen-bond donors (Lipinski definition) is 1. The van der Waals surface area contributed by atoms with E-state index in [1.807, 2.05) is 98.8 Å². The molecule has 0 aromatic heterocycles. The second-order valence-electron chi connectivity index (χ2n) is 8.36. The van der Waals surface area contributed by atoms with Crippen molar-refractivity contribution in [1.29, 1.82) is 0 Å². The van der Waals surface area contributed by atoms with Crippen LogP contribution in [-0.4, -0.2) is 18.4 Å². The lowest BCUT2D eigenvalue weighted by Crippen LogP contribution is -2.50. The van der Waals surface area contributed by atoms with Crippen molar-refractivity contribution in [3.05, 3.63) is 131 Å². The summed E-state index contributed by atoms with van der Waals surface area (Å²) in [6.45, 7) is 3.88. The van der Waals surface area contributed by atoms with Gasteiger partial charge in [-0.2, -0.15) is 4.72 Å². The molecule has 4 aromatic rings. The monoisotopic (exact) mass is 489 g/mol. The number of rotatable bonds is 8. The molecule has 0 bridgehead atoms. The summed E-state index contributed by atoms with van der Waals surface area (Å²) in [5, 5.41) is 0. The van der Waals surface area contributed by atoms with Crippen molar-refractivity contribution in [2.45, 2.75) is 29.2 Å². The third-order valence-electron chi connectivity index (χ3n) is 5.80. The molecule has 4 nitrogen and oxygen atoms in total. The van der Waals surface area contributed by atoms with Crippen LogP contribution < -0.4 is 4.72 Å². The fourth-order valence-electron chi connectivity index (χ4n) is 3.90. The average Bonchev–Trinajstić information content (AvgIpc) is 2.85. The van der Waals surface area contributed by atoms with Gasteiger partial charge in [0.1, 0.15) is 0 Å². The number of hydrogen-bond acceptors (Lipinski definition) is 3. The average molecular weight is 490 g/mol. The van der Waals surface area contributed by atoms with Gasteiger partial charge in [-0.1, -0.05) is 96.1 Å². The summed E-state index contributed by atoms with van der Waals surface area (Å²) in [7, 11) is -5.43. The van der Waals surface area contributed by atoms with Gasteiger partial charge in [0.2, 0.25) is 10.0 Å². The summed E-state index contributed by atoms with van der Waals surface area (Å²) in [5.41, 5.74) is 2.23. The third kappa shape index (κ3) is 5.20. The van der Waals surface area contributed by atoms with Gasteiger partial charge in [-0.05, 0) is 49.2 Å². The highest BCUT2D eigenvalue weighted by atomic mass is 32.2. The van der Waals surface area contributed by atoms with Crippen molar-refractivity contribution in [3.8, 4) is 0 Å². The van der Waals surface area contributed by atoms with E-state index in [1.165, 1.54) is 0 Å². The fraction of sp³-hybridized carbons (Fsp3) is 0.143. The Morgan fingerprint density at radius 3 is 1.59 bits per heavy atom. The standard InChI is InChI=1S/C28H27NO3S2/c1-22-13-17-26(18-14-22)33(30)21-28(24-9-5-3-6-10-24,25-11-7-4-8-12-25)29-34(31,32)27-19-15-23(2)16-20-27/h3-20,29H,21H2,1-2H3. The topological polar surface area (TPSA) is 63.2 Å². The SMILES string of the molecule is Cc1ccc(S(=O)CC(NS(=O)(=O)c2ccc(C)cc2)(c2ccccc2)c2ccccc2)cc1. The summed E-state index contributed by atoms with van der Waals surface area (Å²) in [6.07, 6.45) is 0. The molecule has 0 saturated carbocycles. The summed E-state index contributed by atoms with van der Waals surface area (Å²) in [6, 6.07) is 32.9. The molecule has 0 radical (unpaired) electrons. The molecule has 0 spiro atoms. The molecule has 34 heavy (non-hydrogen) atoms. The van der Waals surface area contributed by atoms with Gasteiger partial charge < -0.3 is 0 Å². The molecule has 0 aliphatic heterocycles. The zero-order chi connectivity index (χ0) is 24.2. The zero-order valence-corrected chi connectivity index (χ0v) is 20.8. The molecule has 4 rings (SSSR count). The summed E-state index contributed by atoms with van der Waals surface area (Å²) >= 11 is 0. The van der Waals surface area contributed by atoms with Gasteiger partial charge in [0, 0.05) is 4.90 Å². The molecule has 6 heteroatoms. The largest absolute Gasteiger partial charge is 0.254 e. The molecule has 1 unspecified atom stereocenters. The van der Waals surface area contributed by atoms with E-state index in [2.05, 4.69) is 4.72 Å². The van der Waals surface area contributed by atoms with Gasteiger partial charge in [0.25, 0.3) is 0 Å². The van der Waals surface area contributed by atoms with E-state index in [0.29, 0.717) is 4.90 Å². The molecule has 0 heterocycles. The molecular formula is C28H27NO3S2. The van der Waals surface area contributed by atoms with Crippen LogP contribution in [0.4, 0.5) is 0 Å². The van der Waals surface area contributed by atoms with E-state index < -0.39 is 26.4 Å². The smallest absolute Gasteiger partial charge is 0.241 e. The van der Waals surface area contributed by atoms with Crippen molar-refractivity contribution in [3.63, 3.8) is 0 Å². The van der Waals surface area contributed by atoms with Gasteiger partial charge in [-0.25, -0.2) is 8.42 Å². The van der Waals surface area contributed by atoms with Crippen LogP contribution in [0.1, 0.15) is 22.3 Å². The molecule has 1 N–H and O–H groups in total. The number of benzene rings is 4. The number of nitrogens with one attached hydrogen (secondary N) is 1. The van der Waals surface area contributed by atoms with Crippen LogP contribution >= 0.6 is 0 Å². The number of aryl methyl sites for hydroxylation is 2. The second-order valence-corrected chi connectivity index (χ2v) is 11.5. The van der Waals surface area contributed by atoms with Crippen molar-refractivity contribution in [2.24, 2.45) is 0 Å². The Morgan fingerprint density at radius 1 is 0.676 bits per heavy atom. The quantitative estimate of drug-likeness (QED) is 0.364. The van der Waals surface area contributed by atoms with Crippen LogP contribution in [-0.2, 0) is 26.4 Å². The van der Waals surface area contributed by atoms with Crippen LogP contribution in [0.5, 0.6) is 0 Å². The molecule has 0 aliphatic carbocycles. The number of sulfonamides is 1. The Morgan fingerprint density at radius 2 is 1.12 bits per heavy atom. The predicted molar refractivity (Wildman–Crippen MR) is 138 cm³/mol. The first kappa shape index (κ1) is 24.1. The molecule has 0 fully saturated rings. The molecule has 4 aromatic carbocycles. The highest BCUT2D eigenvalue weighted by Crippen LogP contribution is 2.34. The maximum atomic E-state index is 13.7. The molecule has 0 amide bonds. The first-order valence-corrected chi connectivity index (χ1v) is 13.8. The molecule has 0 saturated heterocycles. The predicted octanol–water partition coefficient (Wildman–Crippen LogP) is 5.33. The van der Waals surface area contributed by atoms with Gasteiger partial charge in [0.05, 0.1) is 27.0 Å². The van der Waals surface area contributed by atoms with Crippen molar-refractivity contribution >= 4 is 20.8 Å². The minimum atomic E-state index is -3.95. The highest BCUT2D eigenvalue weighted by molar-refractivity contribution is 7.89. The lowest BCUT2D eigenvalue weighted by atomic mass is 9.85. The van der Waals surface area contributed by atoms with Crippen LogP contribution in [0.15, 0.2) is 119 Å². The van der Waals surface area contributed by atoms with Crippen LogP contribution in [0.3, 0.4) is 0 Å². The molecule has 1 atom stereocenters. The normalized spacial score (nSPS) is 12.9. The van der Waals surface area contributed by atoms with Crippen LogP contribution in [0.2, 0.25) is 0 Å². The van der Waals surface area contributed by atoms with E-state index in [9.17, 15) is 12.6 Å². The highest BCUT2D eigenvalue weighted by Gasteiger charge is 2.40. The van der Waals surface area contributed by atoms with E-state index in [-0.39, 0.29) is 10.6 Å². The third-order valence-corrected chi connectivity index (χ3v) is 8.81. The van der Waals surface area contributed by atoms with Crippen molar-refractivity contribution in [2.75, 3.05) is 5.75 Å². The minimum Gasteiger partial charge on any atom is -0.254 e. The van der Waals surface area contributed by atoms with Crippen LogP contribution in [0, 0.1) is 13.8 Å². The zero-order valence-electron chi connectivity index (χ0n) is 19.1. The maximum absolute atomic E-state index is 13.7. The maximum Gasteiger partial charge on any atom is 0.241 e. The van der Waals surface area contributed by atoms with Crippen molar-refractivity contribution < 1.29 is 12.6 Å². The Hall–Kier alpha value is -3.06. The Balaban J connectivity index is 1.88. The van der Waals surface area contributed by atoms with Gasteiger partial charge >= 0.3 is 0 Å². The Labute approximate surface area is 204 Å². The van der Waals surface area contributed by atoms with Gasteiger partial charge in [-0.15, -0.1) is 0 Å².